The number of aryl methyl sites for hydroxylation is 3. The highest BCUT2D eigenvalue weighted by Gasteiger charge is 2.17. The maximum absolute atomic E-state index is 11.5. The van der Waals surface area contributed by atoms with E-state index >= 15 is 0 Å². The zero-order valence-electron chi connectivity index (χ0n) is 22.2. The molecule has 9 heteroatoms. The highest BCUT2D eigenvalue weighted by molar-refractivity contribution is 5.76. The average Bonchev–Trinajstić information content (AvgIpc) is 3.38. The van der Waals surface area contributed by atoms with Gasteiger partial charge in [-0.25, -0.2) is 4.98 Å². The van der Waals surface area contributed by atoms with E-state index in [2.05, 4.69) is 40.9 Å². The molecule has 0 bridgehead atoms. The van der Waals surface area contributed by atoms with Crippen LogP contribution in [0.15, 0.2) is 28.8 Å². The number of likely N-dealkylation sites (N-methyl/N-ethyl adjacent to an activating group) is 1. The van der Waals surface area contributed by atoms with E-state index in [1.54, 1.807) is 13.2 Å². The standard InChI is InChI=1S/C27H37N5O4/c1-7-20-15-21(13-18(4)24(20)35-12-10-11-31(6)23(34)17-33)26-29-30-27(36-26)22-14-19(5)25(28-16-22)32(8-2)9-3/h13-16,33H,7-12,17H2,1-6H3. The Balaban J connectivity index is 1.75. The number of hydrogen-bond donors (Lipinski definition) is 1. The van der Waals surface area contributed by atoms with Gasteiger partial charge in [-0.2, -0.15) is 0 Å². The van der Waals surface area contributed by atoms with Crippen molar-refractivity contribution in [1.82, 2.24) is 20.1 Å². The molecule has 1 N–H and O–H groups in total. The number of nitrogens with zero attached hydrogens (tertiary/aromatic N) is 5. The number of amides is 1. The summed E-state index contributed by atoms with van der Waals surface area (Å²) in [6.07, 6.45) is 3.23. The molecule has 194 valence electrons. The van der Waals surface area contributed by atoms with Crippen LogP contribution >= 0.6 is 0 Å². The van der Waals surface area contributed by atoms with Gasteiger partial charge in [0.2, 0.25) is 17.7 Å². The van der Waals surface area contributed by atoms with E-state index in [9.17, 15) is 4.79 Å². The summed E-state index contributed by atoms with van der Waals surface area (Å²) >= 11 is 0. The second kappa shape index (κ2) is 12.5. The number of aliphatic hydroxyl groups excluding tert-OH is 1. The maximum atomic E-state index is 11.5. The summed E-state index contributed by atoms with van der Waals surface area (Å²) in [6, 6.07) is 6.04. The number of pyridine rings is 1. The van der Waals surface area contributed by atoms with Gasteiger partial charge in [0.25, 0.3) is 0 Å². The molecule has 0 unspecified atom stereocenters. The van der Waals surface area contributed by atoms with E-state index in [0.717, 1.165) is 58.9 Å². The van der Waals surface area contributed by atoms with Crippen molar-refractivity contribution < 1.29 is 19.1 Å². The Morgan fingerprint density at radius 3 is 2.31 bits per heavy atom. The van der Waals surface area contributed by atoms with Gasteiger partial charge >= 0.3 is 0 Å². The summed E-state index contributed by atoms with van der Waals surface area (Å²) in [5.74, 6) is 2.39. The molecule has 0 spiro atoms. The lowest BCUT2D eigenvalue weighted by atomic mass is 10.0. The predicted octanol–water partition coefficient (Wildman–Crippen LogP) is 4.04. The Morgan fingerprint density at radius 1 is 1.03 bits per heavy atom. The van der Waals surface area contributed by atoms with Gasteiger partial charge in [0.05, 0.1) is 12.2 Å². The van der Waals surface area contributed by atoms with Crippen LogP contribution in [0.5, 0.6) is 5.75 Å². The second-order valence-electron chi connectivity index (χ2n) is 8.76. The van der Waals surface area contributed by atoms with Crippen LogP contribution in [0.4, 0.5) is 5.82 Å². The molecule has 9 nitrogen and oxygen atoms in total. The molecule has 1 amide bonds. The molecule has 3 aromatic rings. The zero-order valence-corrected chi connectivity index (χ0v) is 22.2. The fourth-order valence-electron chi connectivity index (χ4n) is 4.16. The van der Waals surface area contributed by atoms with Crippen LogP contribution in [0.25, 0.3) is 22.9 Å². The summed E-state index contributed by atoms with van der Waals surface area (Å²) in [7, 11) is 1.67. The lowest BCUT2D eigenvalue weighted by Gasteiger charge is -2.21. The van der Waals surface area contributed by atoms with Crippen LogP contribution in [0, 0.1) is 13.8 Å². The van der Waals surface area contributed by atoms with Crippen molar-refractivity contribution in [2.45, 2.75) is 47.5 Å². The van der Waals surface area contributed by atoms with Crippen LogP contribution in [-0.4, -0.2) is 71.0 Å². The Bertz CT molecular complexity index is 1170. The molecule has 0 aliphatic rings. The molecule has 0 fully saturated rings. The van der Waals surface area contributed by atoms with E-state index in [0.29, 0.717) is 31.4 Å². The van der Waals surface area contributed by atoms with E-state index in [1.165, 1.54) is 4.90 Å². The quantitative estimate of drug-likeness (QED) is 0.375. The van der Waals surface area contributed by atoms with Crippen molar-refractivity contribution in [2.75, 3.05) is 44.8 Å². The summed E-state index contributed by atoms with van der Waals surface area (Å²) < 4.78 is 12.1. The summed E-state index contributed by atoms with van der Waals surface area (Å²) in [5.41, 5.74) is 4.72. The van der Waals surface area contributed by atoms with E-state index in [4.69, 9.17) is 14.3 Å². The lowest BCUT2D eigenvalue weighted by Crippen LogP contribution is -2.30. The largest absolute Gasteiger partial charge is 0.493 e. The highest BCUT2D eigenvalue weighted by atomic mass is 16.5. The molecule has 0 radical (unpaired) electrons. The van der Waals surface area contributed by atoms with E-state index in [-0.39, 0.29) is 5.91 Å². The van der Waals surface area contributed by atoms with Gasteiger partial charge in [0.1, 0.15) is 18.2 Å². The van der Waals surface area contributed by atoms with E-state index in [1.807, 2.05) is 32.0 Å². The Labute approximate surface area is 213 Å². The molecule has 2 heterocycles. The number of benzene rings is 1. The Hall–Kier alpha value is -3.46. The highest BCUT2D eigenvalue weighted by Crippen LogP contribution is 2.32. The molecule has 0 saturated heterocycles. The average molecular weight is 496 g/mol. The fraction of sp³-hybridized carbons (Fsp3) is 0.481. The third-order valence-corrected chi connectivity index (χ3v) is 6.21. The summed E-state index contributed by atoms with van der Waals surface area (Å²) in [5, 5.41) is 17.5. The topological polar surface area (TPSA) is 105 Å². The SMILES string of the molecule is CCc1cc(-c2nnc(-c3cnc(N(CC)CC)c(C)c3)o2)cc(C)c1OCCCN(C)C(=O)CO. The van der Waals surface area contributed by atoms with Gasteiger partial charge in [-0.1, -0.05) is 6.92 Å². The van der Waals surface area contributed by atoms with Gasteiger partial charge in [0, 0.05) is 38.4 Å². The van der Waals surface area contributed by atoms with Gasteiger partial charge in [-0.15, -0.1) is 10.2 Å². The normalized spacial score (nSPS) is 11.0. The molecule has 2 aromatic heterocycles. The first kappa shape index (κ1) is 27.1. The summed E-state index contributed by atoms with van der Waals surface area (Å²) in [4.78, 5) is 19.8. The number of anilines is 1. The molecule has 0 aliphatic heterocycles. The van der Waals surface area contributed by atoms with Gasteiger partial charge in [0.15, 0.2) is 0 Å². The maximum Gasteiger partial charge on any atom is 0.249 e. The van der Waals surface area contributed by atoms with Crippen molar-refractivity contribution in [3.63, 3.8) is 0 Å². The molecular weight excluding hydrogens is 458 g/mol. The molecule has 0 aliphatic carbocycles. The summed E-state index contributed by atoms with van der Waals surface area (Å²) in [6.45, 7) is 12.6. The van der Waals surface area contributed by atoms with Crippen LogP contribution in [0.3, 0.4) is 0 Å². The molecule has 0 saturated carbocycles. The van der Waals surface area contributed by atoms with Crippen LogP contribution in [-0.2, 0) is 11.2 Å². The number of carbonyl (C=O) groups excluding carboxylic acids is 1. The van der Waals surface area contributed by atoms with Gasteiger partial charge in [-0.3, -0.25) is 4.79 Å². The van der Waals surface area contributed by atoms with Crippen molar-refractivity contribution in [2.24, 2.45) is 0 Å². The Morgan fingerprint density at radius 2 is 1.69 bits per heavy atom. The predicted molar refractivity (Wildman–Crippen MR) is 140 cm³/mol. The van der Waals surface area contributed by atoms with E-state index < -0.39 is 6.61 Å². The van der Waals surface area contributed by atoms with Gasteiger partial charge in [-0.05, 0) is 75.4 Å². The molecule has 3 rings (SSSR count). The number of hydrogen-bond acceptors (Lipinski definition) is 8. The monoisotopic (exact) mass is 495 g/mol. The third kappa shape index (κ3) is 6.20. The van der Waals surface area contributed by atoms with Crippen molar-refractivity contribution in [3.8, 4) is 28.7 Å². The first-order valence-corrected chi connectivity index (χ1v) is 12.5. The Kier molecular flexibility index (Phi) is 9.41. The van der Waals surface area contributed by atoms with Crippen molar-refractivity contribution in [1.29, 1.82) is 0 Å². The second-order valence-corrected chi connectivity index (χ2v) is 8.76. The van der Waals surface area contributed by atoms with Crippen molar-refractivity contribution >= 4 is 11.7 Å². The first-order chi connectivity index (χ1) is 17.3. The number of aliphatic hydroxyl groups is 1. The van der Waals surface area contributed by atoms with Crippen molar-refractivity contribution in [3.05, 3.63) is 41.1 Å². The van der Waals surface area contributed by atoms with Crippen LogP contribution in [0.1, 0.15) is 43.9 Å². The zero-order chi connectivity index (χ0) is 26.2. The minimum absolute atomic E-state index is 0.297. The van der Waals surface area contributed by atoms with Gasteiger partial charge < -0.3 is 24.1 Å². The van der Waals surface area contributed by atoms with Crippen LogP contribution < -0.4 is 9.64 Å². The van der Waals surface area contributed by atoms with Crippen LogP contribution in [0.2, 0.25) is 0 Å². The minimum atomic E-state index is -0.479. The minimum Gasteiger partial charge on any atom is -0.493 e. The third-order valence-electron chi connectivity index (χ3n) is 6.21. The molecule has 0 atom stereocenters. The number of rotatable bonds is 12. The molecule has 1 aromatic carbocycles. The first-order valence-electron chi connectivity index (χ1n) is 12.5. The molecule has 36 heavy (non-hydrogen) atoms. The lowest BCUT2D eigenvalue weighted by molar-refractivity contribution is -0.132. The number of aromatic nitrogens is 3. The number of ether oxygens (including phenoxy) is 1. The smallest absolute Gasteiger partial charge is 0.249 e. The fourth-order valence-corrected chi connectivity index (χ4v) is 4.16. The molecular formula is C27H37N5O4. The number of carbonyl (C=O) groups is 1.